The van der Waals surface area contributed by atoms with E-state index in [2.05, 4.69) is 26.9 Å². The van der Waals surface area contributed by atoms with Crippen LogP contribution in [0.15, 0.2) is 65.8 Å². The summed E-state index contributed by atoms with van der Waals surface area (Å²) in [6.45, 7) is 4.07. The van der Waals surface area contributed by atoms with Gasteiger partial charge in [-0.1, -0.05) is 54.2 Å². The van der Waals surface area contributed by atoms with Gasteiger partial charge in [0.05, 0.1) is 11.4 Å². The first kappa shape index (κ1) is 18.2. The maximum absolute atomic E-state index is 12.5. The lowest BCUT2D eigenvalue weighted by Gasteiger charge is -2.09. The highest BCUT2D eigenvalue weighted by Gasteiger charge is 2.13. The molecule has 7 heteroatoms. The van der Waals surface area contributed by atoms with Gasteiger partial charge in [0, 0.05) is 11.1 Å². The van der Waals surface area contributed by atoms with E-state index in [1.54, 1.807) is 4.68 Å². The van der Waals surface area contributed by atoms with Crippen molar-refractivity contribution in [1.29, 1.82) is 0 Å². The Bertz CT molecular complexity index is 1130. The zero-order valence-electron chi connectivity index (χ0n) is 15.6. The lowest BCUT2D eigenvalue weighted by atomic mass is 10.1. The van der Waals surface area contributed by atoms with Crippen LogP contribution in [0.25, 0.3) is 16.5 Å². The van der Waals surface area contributed by atoms with Crippen LogP contribution in [-0.4, -0.2) is 31.9 Å². The molecule has 0 unspecified atom stereocenters. The number of benzene rings is 3. The second-order valence-electron chi connectivity index (χ2n) is 6.58. The standard InChI is InChI=1S/C21H19N5OS/c1-14-10-15(2)12-17(11-14)26-21(23-24-25-26)28-13-20(27)22-19-9-5-7-16-6-3-4-8-18(16)19/h3-12H,13H2,1-2H3,(H,22,27). The van der Waals surface area contributed by atoms with Crippen LogP contribution in [0.5, 0.6) is 0 Å². The predicted octanol–water partition coefficient (Wildman–Crippen LogP) is 4.16. The zero-order chi connectivity index (χ0) is 19.5. The van der Waals surface area contributed by atoms with E-state index in [4.69, 9.17) is 0 Å². The van der Waals surface area contributed by atoms with E-state index in [0.29, 0.717) is 5.16 Å². The summed E-state index contributed by atoms with van der Waals surface area (Å²) >= 11 is 1.31. The Morgan fingerprint density at radius 3 is 2.61 bits per heavy atom. The molecular formula is C21H19N5OS. The number of thioether (sulfide) groups is 1. The number of rotatable bonds is 5. The fourth-order valence-electron chi connectivity index (χ4n) is 3.15. The largest absolute Gasteiger partial charge is 0.325 e. The van der Waals surface area contributed by atoms with Crippen molar-refractivity contribution in [2.24, 2.45) is 0 Å². The van der Waals surface area contributed by atoms with Gasteiger partial charge in [-0.2, -0.15) is 4.68 Å². The molecule has 0 aliphatic heterocycles. The van der Waals surface area contributed by atoms with Crippen LogP contribution in [0.3, 0.4) is 0 Å². The summed E-state index contributed by atoms with van der Waals surface area (Å²) in [7, 11) is 0. The summed E-state index contributed by atoms with van der Waals surface area (Å²) in [6.07, 6.45) is 0. The topological polar surface area (TPSA) is 72.7 Å². The molecule has 0 spiro atoms. The summed E-state index contributed by atoms with van der Waals surface area (Å²) in [4.78, 5) is 12.5. The summed E-state index contributed by atoms with van der Waals surface area (Å²) in [5, 5.41) is 17.6. The van der Waals surface area contributed by atoms with Crippen molar-refractivity contribution in [3.05, 3.63) is 71.8 Å². The van der Waals surface area contributed by atoms with Crippen LogP contribution in [0.1, 0.15) is 11.1 Å². The highest BCUT2D eigenvalue weighted by molar-refractivity contribution is 7.99. The molecule has 0 bridgehead atoms. The predicted molar refractivity (Wildman–Crippen MR) is 112 cm³/mol. The molecular weight excluding hydrogens is 370 g/mol. The number of nitrogens with zero attached hydrogens (tertiary/aromatic N) is 4. The number of amides is 1. The first-order valence-electron chi connectivity index (χ1n) is 8.87. The van der Waals surface area contributed by atoms with Gasteiger partial charge in [0.1, 0.15) is 0 Å². The van der Waals surface area contributed by atoms with Crippen molar-refractivity contribution in [2.75, 3.05) is 11.1 Å². The van der Waals surface area contributed by atoms with Crippen LogP contribution in [0.2, 0.25) is 0 Å². The van der Waals surface area contributed by atoms with Crippen molar-refractivity contribution < 1.29 is 4.79 Å². The van der Waals surface area contributed by atoms with Crippen molar-refractivity contribution in [3.8, 4) is 5.69 Å². The highest BCUT2D eigenvalue weighted by Crippen LogP contribution is 2.24. The molecule has 6 nitrogen and oxygen atoms in total. The number of nitrogens with one attached hydrogen (secondary N) is 1. The minimum absolute atomic E-state index is 0.101. The smallest absolute Gasteiger partial charge is 0.234 e. The highest BCUT2D eigenvalue weighted by atomic mass is 32.2. The fraction of sp³-hybridized carbons (Fsp3) is 0.143. The number of aryl methyl sites for hydroxylation is 2. The van der Waals surface area contributed by atoms with Gasteiger partial charge in [-0.05, 0) is 59.0 Å². The average molecular weight is 389 g/mol. The molecule has 4 aromatic rings. The molecule has 0 aliphatic rings. The molecule has 0 aliphatic carbocycles. The Morgan fingerprint density at radius 1 is 1.04 bits per heavy atom. The Kier molecular flexibility index (Phi) is 5.08. The molecule has 28 heavy (non-hydrogen) atoms. The molecule has 1 aromatic heterocycles. The van der Waals surface area contributed by atoms with Crippen molar-refractivity contribution in [3.63, 3.8) is 0 Å². The fourth-order valence-corrected chi connectivity index (χ4v) is 3.85. The lowest BCUT2D eigenvalue weighted by Crippen LogP contribution is -2.15. The second kappa shape index (κ2) is 7.82. The third-order valence-corrected chi connectivity index (χ3v) is 5.21. The molecule has 4 rings (SSSR count). The van der Waals surface area contributed by atoms with Crippen LogP contribution >= 0.6 is 11.8 Å². The van der Waals surface area contributed by atoms with Gasteiger partial charge >= 0.3 is 0 Å². The number of anilines is 1. The van der Waals surface area contributed by atoms with Crippen molar-refractivity contribution in [1.82, 2.24) is 20.2 Å². The van der Waals surface area contributed by atoms with E-state index in [1.807, 2.05) is 68.4 Å². The number of hydrogen-bond acceptors (Lipinski definition) is 5. The second-order valence-corrected chi connectivity index (χ2v) is 7.53. The van der Waals surface area contributed by atoms with Gasteiger partial charge in [-0.15, -0.1) is 5.10 Å². The third kappa shape index (κ3) is 3.89. The van der Waals surface area contributed by atoms with Crippen LogP contribution in [0, 0.1) is 13.8 Å². The number of carbonyl (C=O) groups is 1. The first-order chi connectivity index (χ1) is 13.6. The van der Waals surface area contributed by atoms with Crippen LogP contribution in [-0.2, 0) is 4.79 Å². The Morgan fingerprint density at radius 2 is 1.79 bits per heavy atom. The summed E-state index contributed by atoms with van der Waals surface area (Å²) in [5.41, 5.74) is 3.96. The van der Waals surface area contributed by atoms with E-state index < -0.39 is 0 Å². The van der Waals surface area contributed by atoms with Crippen molar-refractivity contribution >= 4 is 34.1 Å². The molecule has 0 saturated heterocycles. The van der Waals surface area contributed by atoms with Crippen LogP contribution in [0.4, 0.5) is 5.69 Å². The molecule has 140 valence electrons. The minimum atomic E-state index is -0.101. The number of aromatic nitrogens is 4. The summed E-state index contributed by atoms with van der Waals surface area (Å²) < 4.78 is 1.66. The monoisotopic (exact) mass is 389 g/mol. The lowest BCUT2D eigenvalue weighted by molar-refractivity contribution is -0.113. The molecule has 1 N–H and O–H groups in total. The summed E-state index contributed by atoms with van der Waals surface area (Å²) in [6, 6.07) is 20.0. The summed E-state index contributed by atoms with van der Waals surface area (Å²) in [5.74, 6) is 0.116. The maximum Gasteiger partial charge on any atom is 0.234 e. The number of fused-ring (bicyclic) bond motifs is 1. The molecule has 3 aromatic carbocycles. The molecule has 1 amide bonds. The van der Waals surface area contributed by atoms with Gasteiger partial charge in [-0.25, -0.2) is 0 Å². The van der Waals surface area contributed by atoms with Gasteiger partial charge in [-0.3, -0.25) is 4.79 Å². The van der Waals surface area contributed by atoms with Gasteiger partial charge in [0.2, 0.25) is 11.1 Å². The normalized spacial score (nSPS) is 10.9. The maximum atomic E-state index is 12.5. The Balaban J connectivity index is 1.48. The van der Waals surface area contributed by atoms with E-state index in [9.17, 15) is 4.79 Å². The molecule has 0 fully saturated rings. The minimum Gasteiger partial charge on any atom is -0.325 e. The molecule has 0 saturated carbocycles. The zero-order valence-corrected chi connectivity index (χ0v) is 16.4. The van der Waals surface area contributed by atoms with E-state index in [1.165, 1.54) is 11.8 Å². The third-order valence-electron chi connectivity index (χ3n) is 4.29. The number of hydrogen-bond donors (Lipinski definition) is 1. The number of tetrazole rings is 1. The van der Waals surface area contributed by atoms with E-state index >= 15 is 0 Å². The molecule has 1 heterocycles. The SMILES string of the molecule is Cc1cc(C)cc(-n2nnnc2SCC(=O)Nc2cccc3ccccc23)c1. The Hall–Kier alpha value is -3.19. The van der Waals surface area contributed by atoms with Crippen molar-refractivity contribution in [2.45, 2.75) is 19.0 Å². The molecule has 0 radical (unpaired) electrons. The first-order valence-corrected chi connectivity index (χ1v) is 9.86. The van der Waals surface area contributed by atoms with Gasteiger partial charge < -0.3 is 5.32 Å². The van der Waals surface area contributed by atoms with E-state index in [0.717, 1.165) is 33.3 Å². The van der Waals surface area contributed by atoms with Crippen LogP contribution < -0.4 is 5.32 Å². The average Bonchev–Trinajstić information content (AvgIpc) is 3.15. The Labute approximate surface area is 167 Å². The van der Waals surface area contributed by atoms with Gasteiger partial charge in [0.25, 0.3) is 0 Å². The quantitative estimate of drug-likeness (QED) is 0.519. The number of carbonyl (C=O) groups excluding carboxylic acids is 1. The van der Waals surface area contributed by atoms with E-state index in [-0.39, 0.29) is 11.7 Å². The van der Waals surface area contributed by atoms with Gasteiger partial charge in [0.15, 0.2) is 0 Å². The molecule has 0 atom stereocenters.